The number of benzene rings is 1. The molecule has 1 heterocycles. The molecule has 5 N–H and O–H groups in total. The highest BCUT2D eigenvalue weighted by atomic mass is 16.6. The van der Waals surface area contributed by atoms with E-state index in [0.29, 0.717) is 12.8 Å². The van der Waals surface area contributed by atoms with E-state index >= 15 is 0 Å². The molecule has 1 aromatic carbocycles. The summed E-state index contributed by atoms with van der Waals surface area (Å²) >= 11 is 0. The molecule has 1 fully saturated rings. The van der Waals surface area contributed by atoms with Gasteiger partial charge < -0.3 is 40.2 Å². The van der Waals surface area contributed by atoms with E-state index in [1.165, 1.54) is 120 Å². The first-order chi connectivity index (χ1) is 28.8. The summed E-state index contributed by atoms with van der Waals surface area (Å²) in [6.45, 7) is 3.87. The molecular weight excluding hydrogens is 751 g/mol. The molecule has 3 amide bonds. The number of unbranched alkanes of at least 4 members (excludes halogenated alkanes) is 24. The molecule has 1 aliphatic rings. The van der Waals surface area contributed by atoms with Crippen LogP contribution in [-0.2, 0) is 25.6 Å². The summed E-state index contributed by atoms with van der Waals surface area (Å²) in [7, 11) is 0. The van der Waals surface area contributed by atoms with Gasteiger partial charge in [0.1, 0.15) is 37.5 Å². The van der Waals surface area contributed by atoms with Crippen LogP contribution in [0.3, 0.4) is 0 Å². The molecule has 0 aliphatic carbocycles. The Morgan fingerprint density at radius 2 is 1.12 bits per heavy atom. The molecule has 12 nitrogen and oxygen atoms in total. The van der Waals surface area contributed by atoms with Crippen LogP contribution >= 0.6 is 0 Å². The Bertz CT molecular complexity index is 1190. The van der Waals surface area contributed by atoms with Crippen molar-refractivity contribution < 1.29 is 43.9 Å². The van der Waals surface area contributed by atoms with Gasteiger partial charge in [0.05, 0.1) is 13.2 Å². The molecule has 2 rings (SSSR count). The number of ether oxygens (including phenoxy) is 3. The van der Waals surface area contributed by atoms with Crippen molar-refractivity contribution in [1.29, 1.82) is 0 Å². The molecule has 1 aliphatic heterocycles. The molecule has 59 heavy (non-hydrogen) atoms. The summed E-state index contributed by atoms with van der Waals surface area (Å²) in [4.78, 5) is 40.6. The molecule has 5 atom stereocenters. The van der Waals surface area contributed by atoms with Crippen molar-refractivity contribution in [3.8, 4) is 0 Å². The minimum absolute atomic E-state index is 0.0237. The standard InChI is InChI=1S/C47H83N3O9/c1-3-5-7-9-11-13-15-16-17-18-19-20-21-23-25-30-34-50(47(56)57-35-31-26-24-22-14-12-10-8-6-4-2)45-42(44(54)43(53)40(37-51)59-45)49-41(52)36-48-46(55)58-38-39-32-28-27-29-33-39/h27-29,32-33,40,42-45,51,53-54H,3-26,30-31,34-38H2,1-2H3,(H,48,55)(H,49,52)/t40-,42-,43+,44-,45-/m1/s1. The van der Waals surface area contributed by atoms with Gasteiger partial charge >= 0.3 is 12.2 Å². The SMILES string of the molecule is CCCCCCCCCCCCCCCCCCN(C(=O)OCCCCCCCCCCCC)[C@@H]1O[C@H](CO)[C@H](O)[C@H](O)[C@H]1NC(=O)CNC(=O)OCc1ccccc1. The maximum atomic E-state index is 13.7. The second-order valence-electron chi connectivity index (χ2n) is 16.5. The van der Waals surface area contributed by atoms with Crippen molar-refractivity contribution in [3.63, 3.8) is 0 Å². The van der Waals surface area contributed by atoms with Crippen LogP contribution in [-0.4, -0.2) is 95.2 Å². The number of nitrogens with one attached hydrogen (secondary N) is 2. The summed E-state index contributed by atoms with van der Waals surface area (Å²) in [5.41, 5.74) is 0.786. The van der Waals surface area contributed by atoms with Gasteiger partial charge in [0.25, 0.3) is 0 Å². The van der Waals surface area contributed by atoms with Crippen molar-refractivity contribution in [2.24, 2.45) is 0 Å². The average Bonchev–Trinajstić information content (AvgIpc) is 3.24. The highest BCUT2D eigenvalue weighted by Crippen LogP contribution is 2.26. The number of carbonyl (C=O) groups excluding carboxylic acids is 3. The first-order valence-corrected chi connectivity index (χ1v) is 23.6. The monoisotopic (exact) mass is 834 g/mol. The zero-order chi connectivity index (χ0) is 42.8. The molecule has 0 radical (unpaired) electrons. The first-order valence-electron chi connectivity index (χ1n) is 23.6. The average molecular weight is 834 g/mol. The lowest BCUT2D eigenvalue weighted by Crippen LogP contribution is -2.69. The Labute approximate surface area is 356 Å². The molecule has 0 saturated carbocycles. The van der Waals surface area contributed by atoms with E-state index in [0.717, 1.165) is 44.1 Å². The van der Waals surface area contributed by atoms with Gasteiger partial charge in [-0.1, -0.05) is 198 Å². The quantitative estimate of drug-likeness (QED) is 0.0419. The Morgan fingerprint density at radius 1 is 0.644 bits per heavy atom. The normalized spacial score (nSPS) is 19.0. The zero-order valence-corrected chi connectivity index (χ0v) is 36.9. The summed E-state index contributed by atoms with van der Waals surface area (Å²) in [6, 6.07) is 7.85. The van der Waals surface area contributed by atoms with Crippen molar-refractivity contribution in [3.05, 3.63) is 35.9 Å². The van der Waals surface area contributed by atoms with Gasteiger partial charge in [0, 0.05) is 6.54 Å². The Hall–Kier alpha value is -2.93. The second-order valence-corrected chi connectivity index (χ2v) is 16.5. The third-order valence-electron chi connectivity index (χ3n) is 11.4. The highest BCUT2D eigenvalue weighted by Gasteiger charge is 2.48. The fraction of sp³-hybridized carbons (Fsp3) is 0.809. The van der Waals surface area contributed by atoms with Gasteiger partial charge in [-0.25, -0.2) is 9.59 Å². The summed E-state index contributed by atoms with van der Waals surface area (Å²) < 4.78 is 17.0. The van der Waals surface area contributed by atoms with Crippen molar-refractivity contribution >= 4 is 18.1 Å². The number of alkyl carbamates (subject to hydrolysis) is 1. The van der Waals surface area contributed by atoms with Crippen LogP contribution in [0.25, 0.3) is 0 Å². The van der Waals surface area contributed by atoms with Crippen LogP contribution in [0.1, 0.15) is 186 Å². The number of hydrogen-bond donors (Lipinski definition) is 5. The molecular formula is C47H83N3O9. The van der Waals surface area contributed by atoms with Gasteiger partial charge in [-0.05, 0) is 18.4 Å². The van der Waals surface area contributed by atoms with E-state index in [1.54, 1.807) is 0 Å². The summed E-state index contributed by atoms with van der Waals surface area (Å²) in [5, 5.41) is 37.1. The predicted molar refractivity (Wildman–Crippen MR) is 234 cm³/mol. The van der Waals surface area contributed by atoms with Crippen LogP contribution in [0.4, 0.5) is 9.59 Å². The van der Waals surface area contributed by atoms with Gasteiger partial charge in [0.2, 0.25) is 5.91 Å². The smallest absolute Gasteiger partial charge is 0.411 e. The van der Waals surface area contributed by atoms with E-state index in [-0.39, 0.29) is 19.8 Å². The number of rotatable bonds is 35. The lowest BCUT2D eigenvalue weighted by Gasteiger charge is -2.46. The maximum Gasteiger partial charge on any atom is 0.411 e. The van der Waals surface area contributed by atoms with E-state index in [4.69, 9.17) is 14.2 Å². The van der Waals surface area contributed by atoms with Gasteiger partial charge in [-0.3, -0.25) is 9.69 Å². The largest absolute Gasteiger partial charge is 0.449 e. The van der Waals surface area contributed by atoms with Crippen molar-refractivity contribution in [2.45, 2.75) is 218 Å². The zero-order valence-electron chi connectivity index (χ0n) is 36.9. The molecule has 1 aromatic rings. The predicted octanol–water partition coefficient (Wildman–Crippen LogP) is 9.46. The van der Waals surface area contributed by atoms with E-state index in [2.05, 4.69) is 24.5 Å². The fourth-order valence-corrected chi connectivity index (χ4v) is 7.67. The number of carbonyl (C=O) groups is 3. The summed E-state index contributed by atoms with van der Waals surface area (Å²) in [6.07, 6.45) is 23.9. The van der Waals surface area contributed by atoms with Crippen LogP contribution in [0.2, 0.25) is 0 Å². The Kier molecular flexibility index (Phi) is 30.7. The highest BCUT2D eigenvalue weighted by molar-refractivity contribution is 5.82. The van der Waals surface area contributed by atoms with Crippen LogP contribution < -0.4 is 10.6 Å². The van der Waals surface area contributed by atoms with Crippen LogP contribution in [0.15, 0.2) is 30.3 Å². The Morgan fingerprint density at radius 3 is 1.61 bits per heavy atom. The third-order valence-corrected chi connectivity index (χ3v) is 11.4. The van der Waals surface area contributed by atoms with Crippen molar-refractivity contribution in [1.82, 2.24) is 15.5 Å². The number of aliphatic hydroxyl groups excluding tert-OH is 3. The number of amides is 3. The molecule has 0 bridgehead atoms. The van der Waals surface area contributed by atoms with Gasteiger partial charge in [-0.2, -0.15) is 0 Å². The van der Waals surface area contributed by atoms with Gasteiger partial charge in [-0.15, -0.1) is 0 Å². The molecule has 0 unspecified atom stereocenters. The molecule has 0 spiro atoms. The number of hydrogen-bond acceptors (Lipinski definition) is 9. The van der Waals surface area contributed by atoms with Crippen LogP contribution in [0, 0.1) is 0 Å². The number of nitrogens with zero attached hydrogens (tertiary/aromatic N) is 1. The van der Waals surface area contributed by atoms with E-state index < -0.39 is 61.8 Å². The number of aliphatic hydroxyl groups is 3. The topological polar surface area (TPSA) is 167 Å². The Balaban J connectivity index is 1.92. The molecule has 0 aromatic heterocycles. The van der Waals surface area contributed by atoms with Gasteiger partial charge in [0.15, 0.2) is 6.23 Å². The lowest BCUT2D eigenvalue weighted by molar-refractivity contribution is -0.226. The molecule has 12 heteroatoms. The summed E-state index contributed by atoms with van der Waals surface area (Å²) in [5.74, 6) is -0.685. The van der Waals surface area contributed by atoms with E-state index in [9.17, 15) is 29.7 Å². The molecule has 1 saturated heterocycles. The van der Waals surface area contributed by atoms with E-state index in [1.807, 2.05) is 30.3 Å². The maximum absolute atomic E-state index is 13.7. The molecule has 340 valence electrons. The third kappa shape index (κ3) is 24.2. The van der Waals surface area contributed by atoms with Crippen LogP contribution in [0.5, 0.6) is 0 Å². The minimum Gasteiger partial charge on any atom is -0.449 e. The first kappa shape index (κ1) is 52.2. The fourth-order valence-electron chi connectivity index (χ4n) is 7.67. The minimum atomic E-state index is -1.58. The van der Waals surface area contributed by atoms with Crippen molar-refractivity contribution in [2.75, 3.05) is 26.3 Å². The second kappa shape index (κ2) is 34.7. The lowest BCUT2D eigenvalue weighted by atomic mass is 9.95.